The molecule has 3 N–H and O–H groups in total. The number of amides is 1. The molecule has 0 spiro atoms. The summed E-state index contributed by atoms with van der Waals surface area (Å²) < 4.78 is 5.57. The average Bonchev–Trinajstić information content (AvgIpc) is 3.59. The van der Waals surface area contributed by atoms with Gasteiger partial charge >= 0.3 is 0 Å². The molecule has 0 aromatic heterocycles. The molecule has 0 saturated heterocycles. The molecule has 1 fully saturated rings. The maximum absolute atomic E-state index is 13.0. The second-order valence-electron chi connectivity index (χ2n) is 7.30. The number of allylic oxidation sites excluding steroid dienone is 4. The van der Waals surface area contributed by atoms with Crippen LogP contribution in [0.5, 0.6) is 5.75 Å². The van der Waals surface area contributed by atoms with Gasteiger partial charge in [-0.05, 0) is 57.4 Å². The van der Waals surface area contributed by atoms with Crippen LogP contribution < -0.4 is 15.4 Å². The summed E-state index contributed by atoms with van der Waals surface area (Å²) in [7, 11) is 1.55. The third kappa shape index (κ3) is 6.28. The summed E-state index contributed by atoms with van der Waals surface area (Å²) in [6, 6.07) is 5.48. The number of carbonyl (C=O) groups is 2. The number of Topliss-reactive ketones (excluding diaryl/α,β-unsaturated/α-hetero) is 1. The third-order valence-corrected chi connectivity index (χ3v) is 4.86. The van der Waals surface area contributed by atoms with E-state index in [0.717, 1.165) is 12.8 Å². The Labute approximate surface area is 184 Å². The van der Waals surface area contributed by atoms with Gasteiger partial charge in [0.2, 0.25) is 5.91 Å². The maximum atomic E-state index is 13.0. The molecule has 31 heavy (non-hydrogen) atoms. The van der Waals surface area contributed by atoms with Crippen LogP contribution in [0.2, 0.25) is 0 Å². The maximum Gasteiger partial charge on any atom is 0.247 e. The van der Waals surface area contributed by atoms with Gasteiger partial charge < -0.3 is 20.8 Å². The molecule has 0 heterocycles. The van der Waals surface area contributed by atoms with Crippen molar-refractivity contribution in [1.82, 2.24) is 5.32 Å². The highest BCUT2D eigenvalue weighted by molar-refractivity contribution is 6.04. The van der Waals surface area contributed by atoms with Gasteiger partial charge in [-0.1, -0.05) is 31.7 Å². The number of carbonyl (C=O) groups excluding carboxylic acids is 2. The van der Waals surface area contributed by atoms with Crippen LogP contribution in [-0.4, -0.2) is 24.5 Å². The van der Waals surface area contributed by atoms with Crippen LogP contribution in [0.1, 0.15) is 45.6 Å². The molecule has 1 amide bonds. The number of anilines is 1. The Morgan fingerprint density at radius 3 is 2.55 bits per heavy atom. The van der Waals surface area contributed by atoms with E-state index >= 15 is 0 Å². The zero-order valence-corrected chi connectivity index (χ0v) is 18.7. The molecule has 0 bridgehead atoms. The van der Waals surface area contributed by atoms with E-state index in [-0.39, 0.29) is 17.6 Å². The van der Waals surface area contributed by atoms with Crippen LogP contribution in [0, 0.1) is 11.3 Å². The predicted octanol–water partition coefficient (Wildman–Crippen LogP) is 4.90. The standard InChI is InChI=1S/C25H31N3O3/c1-6-10-18(27-23(29)8-3)15-22(19(7-2)24(30)17-13-14-17)28-21-12-9-11-20(16(4)26)25(21)31-5/h7-12,15,17,26,28H,3,6,13-14H2,1-2,4-5H3,(H,27,29)/b18-10-,19-7+,22-15+,26-16?. The Morgan fingerprint density at radius 2 is 2.03 bits per heavy atom. The number of ether oxygens (including phenoxy) is 1. The minimum atomic E-state index is -0.329. The number of rotatable bonds is 11. The van der Waals surface area contributed by atoms with E-state index in [1.165, 1.54) is 6.08 Å². The number of benzene rings is 1. The van der Waals surface area contributed by atoms with Crippen molar-refractivity contribution >= 4 is 23.1 Å². The average molecular weight is 422 g/mol. The first-order valence-corrected chi connectivity index (χ1v) is 10.4. The van der Waals surface area contributed by atoms with Crippen molar-refractivity contribution in [2.45, 2.75) is 40.0 Å². The predicted molar refractivity (Wildman–Crippen MR) is 125 cm³/mol. The number of hydrogen-bond donors (Lipinski definition) is 3. The summed E-state index contributed by atoms with van der Waals surface area (Å²) in [5.41, 5.74) is 3.34. The molecule has 0 atom stereocenters. The molecular weight excluding hydrogens is 390 g/mol. The minimum absolute atomic E-state index is 0.0369. The van der Waals surface area contributed by atoms with Gasteiger partial charge in [0.05, 0.1) is 18.5 Å². The van der Waals surface area contributed by atoms with Gasteiger partial charge in [0, 0.05) is 28.5 Å². The summed E-state index contributed by atoms with van der Waals surface area (Å²) in [6.07, 6.45) is 9.09. The second-order valence-corrected chi connectivity index (χ2v) is 7.30. The molecule has 0 aliphatic heterocycles. The molecule has 2 rings (SSSR count). The van der Waals surface area contributed by atoms with Crippen molar-refractivity contribution in [2.75, 3.05) is 12.4 Å². The monoisotopic (exact) mass is 421 g/mol. The molecule has 1 aromatic carbocycles. The first-order chi connectivity index (χ1) is 14.9. The molecular formula is C25H31N3O3. The van der Waals surface area contributed by atoms with E-state index in [4.69, 9.17) is 10.1 Å². The van der Waals surface area contributed by atoms with E-state index in [0.29, 0.717) is 46.1 Å². The summed E-state index contributed by atoms with van der Waals surface area (Å²) in [5.74, 6) is 0.302. The lowest BCUT2D eigenvalue weighted by molar-refractivity contribution is -0.116. The fourth-order valence-corrected chi connectivity index (χ4v) is 3.19. The molecule has 6 nitrogen and oxygen atoms in total. The second kappa shape index (κ2) is 11.1. The van der Waals surface area contributed by atoms with Crippen LogP contribution >= 0.6 is 0 Å². The van der Waals surface area contributed by atoms with Crippen molar-refractivity contribution in [3.63, 3.8) is 0 Å². The van der Waals surface area contributed by atoms with Crippen LogP contribution in [0.25, 0.3) is 0 Å². The summed E-state index contributed by atoms with van der Waals surface area (Å²) in [6.45, 7) is 8.99. The molecule has 0 radical (unpaired) electrons. The molecule has 1 saturated carbocycles. The normalized spacial score (nSPS) is 14.6. The SMILES string of the molecule is C=CC(=O)NC(=C\CC)/C=C(Nc1cccc(C(C)=N)c1OC)\C(=C/C)C(=O)C1CC1. The lowest BCUT2D eigenvalue weighted by Crippen LogP contribution is -2.21. The lowest BCUT2D eigenvalue weighted by Gasteiger charge is -2.19. The largest absolute Gasteiger partial charge is 0.494 e. The van der Waals surface area contributed by atoms with Crippen molar-refractivity contribution in [3.05, 3.63) is 71.6 Å². The highest BCUT2D eigenvalue weighted by atomic mass is 16.5. The first-order valence-electron chi connectivity index (χ1n) is 10.4. The molecule has 164 valence electrons. The van der Waals surface area contributed by atoms with Gasteiger partial charge in [0.15, 0.2) is 11.5 Å². The van der Waals surface area contributed by atoms with Crippen molar-refractivity contribution in [3.8, 4) is 5.75 Å². The number of para-hydroxylation sites is 1. The van der Waals surface area contributed by atoms with E-state index in [2.05, 4.69) is 17.2 Å². The Bertz CT molecular complexity index is 966. The van der Waals surface area contributed by atoms with Crippen LogP contribution in [0.3, 0.4) is 0 Å². The quantitative estimate of drug-likeness (QED) is 0.269. The fourth-order valence-electron chi connectivity index (χ4n) is 3.19. The minimum Gasteiger partial charge on any atom is -0.494 e. The Kier molecular flexibility index (Phi) is 8.55. The smallest absolute Gasteiger partial charge is 0.247 e. The zero-order chi connectivity index (χ0) is 23.0. The summed E-state index contributed by atoms with van der Waals surface area (Å²) >= 11 is 0. The van der Waals surface area contributed by atoms with Crippen LogP contribution in [0.4, 0.5) is 5.69 Å². The fraction of sp³-hybridized carbons (Fsp3) is 0.320. The van der Waals surface area contributed by atoms with Gasteiger partial charge in [-0.3, -0.25) is 9.59 Å². The number of hydrogen-bond acceptors (Lipinski definition) is 5. The van der Waals surface area contributed by atoms with E-state index < -0.39 is 0 Å². The van der Waals surface area contributed by atoms with Crippen molar-refractivity contribution in [1.29, 1.82) is 5.41 Å². The van der Waals surface area contributed by atoms with Crippen LogP contribution in [-0.2, 0) is 9.59 Å². The number of methoxy groups -OCH3 is 1. The Hall–Kier alpha value is -3.41. The van der Waals surface area contributed by atoms with Gasteiger partial charge in [0.25, 0.3) is 0 Å². The molecule has 1 aromatic rings. The topological polar surface area (TPSA) is 91.3 Å². The Morgan fingerprint density at radius 1 is 1.32 bits per heavy atom. The van der Waals surface area contributed by atoms with E-state index in [1.807, 2.05) is 38.1 Å². The zero-order valence-electron chi connectivity index (χ0n) is 18.7. The molecule has 1 aliphatic carbocycles. The third-order valence-electron chi connectivity index (χ3n) is 4.86. The van der Waals surface area contributed by atoms with Crippen molar-refractivity contribution in [2.24, 2.45) is 5.92 Å². The van der Waals surface area contributed by atoms with Crippen molar-refractivity contribution < 1.29 is 14.3 Å². The van der Waals surface area contributed by atoms with Gasteiger partial charge in [0.1, 0.15) is 0 Å². The summed E-state index contributed by atoms with van der Waals surface area (Å²) in [4.78, 5) is 24.9. The molecule has 0 unspecified atom stereocenters. The van der Waals surface area contributed by atoms with Gasteiger partial charge in [-0.2, -0.15) is 0 Å². The number of ketones is 1. The van der Waals surface area contributed by atoms with Gasteiger partial charge in [-0.25, -0.2) is 0 Å². The Balaban J connectivity index is 2.57. The molecule has 1 aliphatic rings. The van der Waals surface area contributed by atoms with Crippen LogP contribution in [0.15, 0.2) is 66.0 Å². The first kappa shape index (κ1) is 23.9. The summed E-state index contributed by atoms with van der Waals surface area (Å²) in [5, 5.41) is 14.1. The van der Waals surface area contributed by atoms with E-state index in [1.54, 1.807) is 26.2 Å². The number of nitrogens with one attached hydrogen (secondary N) is 3. The van der Waals surface area contributed by atoms with E-state index in [9.17, 15) is 9.59 Å². The van der Waals surface area contributed by atoms with Gasteiger partial charge in [-0.15, -0.1) is 0 Å². The highest BCUT2D eigenvalue weighted by Gasteiger charge is 2.33. The molecule has 6 heteroatoms. The highest BCUT2D eigenvalue weighted by Crippen LogP contribution is 2.36. The lowest BCUT2D eigenvalue weighted by atomic mass is 10.0.